The van der Waals surface area contributed by atoms with Crippen LogP contribution in [0.15, 0.2) is 60.3 Å². The Morgan fingerprint density at radius 3 is 2.47 bits per heavy atom. The molecule has 2 amide bonds. The maximum absolute atomic E-state index is 12.5. The molecule has 166 valence electrons. The Hall–Kier alpha value is -3.39. The normalized spacial score (nSPS) is 10.6. The van der Waals surface area contributed by atoms with Crippen LogP contribution in [0.5, 0.6) is 0 Å². The highest BCUT2D eigenvalue weighted by atomic mass is 32.2. The Balaban J connectivity index is 1.64. The van der Waals surface area contributed by atoms with Crippen LogP contribution >= 0.6 is 11.8 Å². The third kappa shape index (κ3) is 6.07. The zero-order valence-electron chi connectivity index (χ0n) is 18.5. The highest BCUT2D eigenvalue weighted by molar-refractivity contribution is 7.99. The lowest BCUT2D eigenvalue weighted by atomic mass is 10.1. The van der Waals surface area contributed by atoms with E-state index in [9.17, 15) is 9.59 Å². The number of amides is 2. The maximum atomic E-state index is 12.5. The molecule has 7 nitrogen and oxygen atoms in total. The molecule has 0 spiro atoms. The molecule has 1 heterocycles. The van der Waals surface area contributed by atoms with Gasteiger partial charge in [0.05, 0.1) is 12.2 Å². The van der Waals surface area contributed by atoms with Crippen LogP contribution in [-0.2, 0) is 22.6 Å². The van der Waals surface area contributed by atoms with Crippen molar-refractivity contribution in [3.05, 3.63) is 77.6 Å². The fourth-order valence-electron chi connectivity index (χ4n) is 3.11. The van der Waals surface area contributed by atoms with Crippen LogP contribution in [0.4, 0.5) is 11.4 Å². The standard InChI is InChI=1S/C24H27N5O2S/c1-5-12-29-21(14-22(30)25-19-9-7-6-8-17(19)3)27-28-24(29)32-15-23(31)26-20-13-16(2)10-11-18(20)4/h5-11,13H,1,12,14-15H2,2-4H3,(H,25,30)(H,26,31). The number of thioether (sulfide) groups is 1. The number of allylic oxidation sites excluding steroid dienone is 1. The lowest BCUT2D eigenvalue weighted by Crippen LogP contribution is -2.18. The third-order valence-electron chi connectivity index (χ3n) is 4.84. The summed E-state index contributed by atoms with van der Waals surface area (Å²) in [5.74, 6) is 0.392. The van der Waals surface area contributed by atoms with E-state index in [1.165, 1.54) is 11.8 Å². The van der Waals surface area contributed by atoms with E-state index in [4.69, 9.17) is 0 Å². The zero-order chi connectivity index (χ0) is 23.1. The molecule has 0 fully saturated rings. The summed E-state index contributed by atoms with van der Waals surface area (Å²) in [7, 11) is 0. The van der Waals surface area contributed by atoms with Crippen molar-refractivity contribution >= 4 is 35.0 Å². The minimum Gasteiger partial charge on any atom is -0.325 e. The smallest absolute Gasteiger partial charge is 0.234 e. The molecule has 1 aromatic heterocycles. The Morgan fingerprint density at radius 1 is 1.00 bits per heavy atom. The molecule has 3 rings (SSSR count). The number of carbonyl (C=O) groups is 2. The Morgan fingerprint density at radius 2 is 1.72 bits per heavy atom. The first-order chi connectivity index (χ1) is 15.4. The first kappa shape index (κ1) is 23.3. The zero-order valence-corrected chi connectivity index (χ0v) is 19.3. The highest BCUT2D eigenvalue weighted by Crippen LogP contribution is 2.21. The van der Waals surface area contributed by atoms with Gasteiger partial charge in [0.15, 0.2) is 5.16 Å². The third-order valence-corrected chi connectivity index (χ3v) is 5.81. The van der Waals surface area contributed by atoms with Crippen LogP contribution < -0.4 is 10.6 Å². The van der Waals surface area contributed by atoms with Crippen molar-refractivity contribution in [3.63, 3.8) is 0 Å². The Labute approximate surface area is 192 Å². The monoisotopic (exact) mass is 449 g/mol. The van der Waals surface area contributed by atoms with E-state index < -0.39 is 0 Å². The molecule has 0 bridgehead atoms. The number of carbonyl (C=O) groups excluding carboxylic acids is 2. The van der Waals surface area contributed by atoms with Crippen LogP contribution in [0, 0.1) is 20.8 Å². The van der Waals surface area contributed by atoms with Crippen molar-refractivity contribution in [2.45, 2.75) is 38.9 Å². The second-order valence-corrected chi connectivity index (χ2v) is 8.44. The van der Waals surface area contributed by atoms with Gasteiger partial charge in [0, 0.05) is 17.9 Å². The van der Waals surface area contributed by atoms with Gasteiger partial charge >= 0.3 is 0 Å². The number of hydrogen-bond donors (Lipinski definition) is 2. The van der Waals surface area contributed by atoms with Crippen molar-refractivity contribution in [2.75, 3.05) is 16.4 Å². The molecule has 2 aromatic carbocycles. The average molecular weight is 450 g/mol. The summed E-state index contributed by atoms with van der Waals surface area (Å²) >= 11 is 1.28. The van der Waals surface area contributed by atoms with E-state index in [0.717, 1.165) is 28.1 Å². The first-order valence-corrected chi connectivity index (χ1v) is 11.2. The van der Waals surface area contributed by atoms with Crippen LogP contribution in [0.25, 0.3) is 0 Å². The number of para-hydroxylation sites is 1. The van der Waals surface area contributed by atoms with E-state index >= 15 is 0 Å². The van der Waals surface area contributed by atoms with Gasteiger partial charge in [-0.1, -0.05) is 48.2 Å². The van der Waals surface area contributed by atoms with Crippen molar-refractivity contribution in [2.24, 2.45) is 0 Å². The second kappa shape index (κ2) is 10.8. The van der Waals surface area contributed by atoms with E-state index in [0.29, 0.717) is 17.5 Å². The maximum Gasteiger partial charge on any atom is 0.234 e. The number of aryl methyl sites for hydroxylation is 3. The van der Waals surface area contributed by atoms with Gasteiger partial charge in [-0.25, -0.2) is 0 Å². The molecule has 0 aliphatic rings. The quantitative estimate of drug-likeness (QED) is 0.376. The van der Waals surface area contributed by atoms with Crippen LogP contribution in [0.2, 0.25) is 0 Å². The predicted molar refractivity (Wildman–Crippen MR) is 129 cm³/mol. The predicted octanol–water partition coefficient (Wildman–Crippen LogP) is 4.30. The molecular formula is C24H27N5O2S. The van der Waals surface area contributed by atoms with E-state index in [1.807, 2.05) is 63.2 Å². The van der Waals surface area contributed by atoms with Gasteiger partial charge in [-0.15, -0.1) is 16.8 Å². The van der Waals surface area contributed by atoms with Crippen molar-refractivity contribution < 1.29 is 9.59 Å². The van der Waals surface area contributed by atoms with Crippen molar-refractivity contribution in [3.8, 4) is 0 Å². The molecule has 0 aliphatic carbocycles. The molecule has 2 N–H and O–H groups in total. The Bertz CT molecular complexity index is 1140. The number of aromatic nitrogens is 3. The summed E-state index contributed by atoms with van der Waals surface area (Å²) in [4.78, 5) is 25.0. The molecule has 0 unspecified atom stereocenters. The van der Waals surface area contributed by atoms with E-state index in [1.54, 1.807) is 10.6 Å². The van der Waals surface area contributed by atoms with Crippen LogP contribution in [-0.4, -0.2) is 32.3 Å². The van der Waals surface area contributed by atoms with Gasteiger partial charge in [0.1, 0.15) is 5.82 Å². The molecular weight excluding hydrogens is 422 g/mol. The highest BCUT2D eigenvalue weighted by Gasteiger charge is 2.17. The summed E-state index contributed by atoms with van der Waals surface area (Å²) in [5.41, 5.74) is 4.64. The van der Waals surface area contributed by atoms with E-state index in [2.05, 4.69) is 27.4 Å². The first-order valence-electron chi connectivity index (χ1n) is 10.3. The summed E-state index contributed by atoms with van der Waals surface area (Å²) < 4.78 is 1.81. The number of anilines is 2. The fourth-order valence-corrected chi connectivity index (χ4v) is 3.87. The summed E-state index contributed by atoms with van der Waals surface area (Å²) in [6.45, 7) is 10.1. The van der Waals surface area contributed by atoms with Gasteiger partial charge in [-0.05, 0) is 49.6 Å². The summed E-state index contributed by atoms with van der Waals surface area (Å²) in [5, 5.41) is 14.8. The number of hydrogen-bond acceptors (Lipinski definition) is 5. The summed E-state index contributed by atoms with van der Waals surface area (Å²) in [6, 6.07) is 13.5. The van der Waals surface area contributed by atoms with Crippen molar-refractivity contribution in [1.82, 2.24) is 14.8 Å². The van der Waals surface area contributed by atoms with Gasteiger partial charge < -0.3 is 15.2 Å². The molecule has 0 saturated carbocycles. The SMILES string of the molecule is C=CCn1c(CC(=O)Nc2ccccc2C)nnc1SCC(=O)Nc1cc(C)ccc1C. The lowest BCUT2D eigenvalue weighted by molar-refractivity contribution is -0.116. The van der Waals surface area contributed by atoms with E-state index in [-0.39, 0.29) is 24.0 Å². The van der Waals surface area contributed by atoms with Gasteiger partial charge in [0.25, 0.3) is 0 Å². The molecule has 3 aromatic rings. The number of benzene rings is 2. The number of nitrogens with one attached hydrogen (secondary N) is 2. The number of rotatable bonds is 9. The minimum atomic E-state index is -0.179. The molecule has 0 saturated heterocycles. The topological polar surface area (TPSA) is 88.9 Å². The summed E-state index contributed by atoms with van der Waals surface area (Å²) in [6.07, 6.45) is 1.79. The molecule has 0 atom stereocenters. The molecule has 32 heavy (non-hydrogen) atoms. The van der Waals surface area contributed by atoms with Gasteiger partial charge in [-0.3, -0.25) is 9.59 Å². The van der Waals surface area contributed by atoms with Crippen molar-refractivity contribution in [1.29, 1.82) is 0 Å². The number of nitrogens with zero attached hydrogens (tertiary/aromatic N) is 3. The average Bonchev–Trinajstić information content (AvgIpc) is 3.12. The molecule has 0 aliphatic heterocycles. The fraction of sp³-hybridized carbons (Fsp3) is 0.250. The second-order valence-electron chi connectivity index (χ2n) is 7.49. The van der Waals surface area contributed by atoms with Gasteiger partial charge in [0.2, 0.25) is 11.8 Å². The van der Waals surface area contributed by atoms with Gasteiger partial charge in [-0.2, -0.15) is 0 Å². The van der Waals surface area contributed by atoms with Crippen LogP contribution in [0.1, 0.15) is 22.5 Å². The Kier molecular flexibility index (Phi) is 7.83. The lowest BCUT2D eigenvalue weighted by Gasteiger charge is -2.11. The molecule has 8 heteroatoms. The minimum absolute atomic E-state index is 0.0738. The van der Waals surface area contributed by atoms with Crippen LogP contribution in [0.3, 0.4) is 0 Å². The largest absolute Gasteiger partial charge is 0.325 e. The molecule has 0 radical (unpaired) electrons.